The third kappa shape index (κ3) is 5.00. The molecule has 1 aromatic heterocycles. The minimum Gasteiger partial charge on any atom is -0.490 e. The number of carbonyl (C=O) groups is 2. The van der Waals surface area contributed by atoms with Crippen LogP contribution in [0.15, 0.2) is 34.7 Å². The molecule has 134 valence electrons. The summed E-state index contributed by atoms with van der Waals surface area (Å²) in [6.45, 7) is 5.27. The Balaban J connectivity index is 1.93. The molecule has 0 aliphatic heterocycles. The molecule has 0 fully saturated rings. The Labute approximate surface area is 145 Å². The first-order chi connectivity index (χ1) is 12.0. The first-order valence-electron chi connectivity index (χ1n) is 8.05. The molecule has 2 aromatic rings. The summed E-state index contributed by atoms with van der Waals surface area (Å²) < 4.78 is 16.0. The lowest BCUT2D eigenvalue weighted by Gasteiger charge is -2.12. The van der Waals surface area contributed by atoms with E-state index in [1.165, 1.54) is 12.1 Å². The lowest BCUT2D eigenvalue weighted by Crippen LogP contribution is -2.25. The van der Waals surface area contributed by atoms with Gasteiger partial charge in [0, 0.05) is 6.54 Å². The van der Waals surface area contributed by atoms with E-state index in [4.69, 9.17) is 19.0 Å². The average Bonchev–Trinajstić information content (AvgIpc) is 3.08. The zero-order valence-electron chi connectivity index (χ0n) is 14.2. The van der Waals surface area contributed by atoms with Crippen LogP contribution in [0.3, 0.4) is 0 Å². The largest absolute Gasteiger partial charge is 0.490 e. The van der Waals surface area contributed by atoms with Gasteiger partial charge in [0.1, 0.15) is 0 Å². The van der Waals surface area contributed by atoms with Crippen LogP contribution in [0.1, 0.15) is 40.5 Å². The van der Waals surface area contributed by atoms with Crippen LogP contribution < -0.4 is 14.8 Å². The lowest BCUT2D eigenvalue weighted by atomic mass is 10.1. The summed E-state index contributed by atoms with van der Waals surface area (Å²) in [6, 6.07) is 8.23. The fourth-order valence-electron chi connectivity index (χ4n) is 2.23. The van der Waals surface area contributed by atoms with Crippen molar-refractivity contribution in [3.05, 3.63) is 47.4 Å². The summed E-state index contributed by atoms with van der Waals surface area (Å²) in [5.74, 6) is -0.600. The first kappa shape index (κ1) is 18.4. The van der Waals surface area contributed by atoms with Crippen LogP contribution in [-0.4, -0.2) is 36.7 Å². The molecule has 0 spiro atoms. The first-order valence-corrected chi connectivity index (χ1v) is 8.05. The smallest absolute Gasteiger partial charge is 0.371 e. The Morgan fingerprint density at radius 1 is 1.04 bits per heavy atom. The standard InChI is InChI=1S/C18H21NO6/c1-3-23-13-6-5-12(11-16(13)24-4-2)9-10-19-17(20)14-7-8-15(25-14)18(21)22/h5-8,11H,3-4,9-10H2,1-2H3,(H,19,20)(H,21,22). The quantitative estimate of drug-likeness (QED) is 0.724. The van der Waals surface area contributed by atoms with E-state index >= 15 is 0 Å². The molecule has 7 heteroatoms. The van der Waals surface area contributed by atoms with Crippen molar-refractivity contribution in [1.29, 1.82) is 0 Å². The number of carboxylic acid groups (broad SMARTS) is 1. The van der Waals surface area contributed by atoms with Gasteiger partial charge in [-0.2, -0.15) is 0 Å². The third-order valence-electron chi connectivity index (χ3n) is 3.35. The van der Waals surface area contributed by atoms with Crippen molar-refractivity contribution >= 4 is 11.9 Å². The Bertz CT molecular complexity index is 737. The molecule has 0 aliphatic carbocycles. The van der Waals surface area contributed by atoms with Gasteiger partial charge in [-0.1, -0.05) is 6.07 Å². The third-order valence-corrected chi connectivity index (χ3v) is 3.35. The van der Waals surface area contributed by atoms with Crippen LogP contribution in [-0.2, 0) is 6.42 Å². The maximum Gasteiger partial charge on any atom is 0.371 e. The predicted octanol–water partition coefficient (Wildman–Crippen LogP) is 2.75. The molecule has 1 amide bonds. The predicted molar refractivity (Wildman–Crippen MR) is 90.5 cm³/mol. The number of hydrogen-bond acceptors (Lipinski definition) is 5. The Hall–Kier alpha value is -2.96. The second kappa shape index (κ2) is 8.77. The molecule has 0 saturated carbocycles. The number of benzene rings is 1. The fraction of sp³-hybridized carbons (Fsp3) is 0.333. The summed E-state index contributed by atoms with van der Waals surface area (Å²) in [5.41, 5.74) is 0.984. The Morgan fingerprint density at radius 2 is 1.72 bits per heavy atom. The van der Waals surface area contributed by atoms with Gasteiger partial charge in [0.15, 0.2) is 17.3 Å². The molecule has 1 aromatic carbocycles. The zero-order chi connectivity index (χ0) is 18.2. The van der Waals surface area contributed by atoms with Gasteiger partial charge in [0.05, 0.1) is 13.2 Å². The van der Waals surface area contributed by atoms with Crippen molar-refractivity contribution in [3.63, 3.8) is 0 Å². The minimum atomic E-state index is -1.21. The van der Waals surface area contributed by atoms with Crippen LogP contribution in [0.5, 0.6) is 11.5 Å². The molecule has 7 nitrogen and oxygen atoms in total. The van der Waals surface area contributed by atoms with E-state index in [9.17, 15) is 9.59 Å². The summed E-state index contributed by atoms with van der Waals surface area (Å²) in [5, 5.41) is 11.5. The van der Waals surface area contributed by atoms with Crippen molar-refractivity contribution in [2.24, 2.45) is 0 Å². The van der Waals surface area contributed by atoms with Crippen LogP contribution in [0.25, 0.3) is 0 Å². The Morgan fingerprint density at radius 3 is 2.36 bits per heavy atom. The number of carbonyl (C=O) groups excluding carboxylic acids is 1. The Kier molecular flexibility index (Phi) is 6.45. The second-order valence-corrected chi connectivity index (χ2v) is 5.12. The summed E-state index contributed by atoms with van der Waals surface area (Å²) in [6.07, 6.45) is 0.588. The molecule has 0 aliphatic rings. The summed E-state index contributed by atoms with van der Waals surface area (Å²) >= 11 is 0. The highest BCUT2D eigenvalue weighted by molar-refractivity contribution is 5.93. The van der Waals surface area contributed by atoms with E-state index in [0.717, 1.165) is 5.56 Å². The van der Waals surface area contributed by atoms with Crippen LogP contribution in [0, 0.1) is 0 Å². The number of carboxylic acids is 1. The summed E-state index contributed by atoms with van der Waals surface area (Å²) in [4.78, 5) is 22.7. The normalized spacial score (nSPS) is 10.3. The number of furan rings is 1. The molecule has 1 heterocycles. The van der Waals surface area contributed by atoms with Gasteiger partial charge in [-0.3, -0.25) is 4.79 Å². The van der Waals surface area contributed by atoms with E-state index < -0.39 is 11.9 Å². The van der Waals surface area contributed by atoms with Crippen molar-refractivity contribution < 1.29 is 28.6 Å². The number of rotatable bonds is 9. The highest BCUT2D eigenvalue weighted by Crippen LogP contribution is 2.28. The maximum absolute atomic E-state index is 11.9. The average molecular weight is 347 g/mol. The van der Waals surface area contributed by atoms with E-state index in [1.54, 1.807) is 0 Å². The lowest BCUT2D eigenvalue weighted by molar-refractivity contribution is 0.0659. The molecule has 0 unspecified atom stereocenters. The number of hydrogen-bond donors (Lipinski definition) is 2. The SMILES string of the molecule is CCOc1ccc(CCNC(=O)c2ccc(C(=O)O)o2)cc1OCC. The van der Waals surface area contributed by atoms with Gasteiger partial charge >= 0.3 is 5.97 Å². The molecule has 0 atom stereocenters. The number of nitrogens with one attached hydrogen (secondary N) is 1. The molecule has 2 rings (SSSR count). The molecule has 25 heavy (non-hydrogen) atoms. The molecule has 0 saturated heterocycles. The van der Waals surface area contributed by atoms with Gasteiger partial charge in [0.2, 0.25) is 5.76 Å². The van der Waals surface area contributed by atoms with Crippen LogP contribution in [0.2, 0.25) is 0 Å². The van der Waals surface area contributed by atoms with E-state index in [1.807, 2.05) is 32.0 Å². The highest BCUT2D eigenvalue weighted by Gasteiger charge is 2.14. The summed E-state index contributed by atoms with van der Waals surface area (Å²) in [7, 11) is 0. The maximum atomic E-state index is 11.9. The number of aromatic carboxylic acids is 1. The van der Waals surface area contributed by atoms with E-state index in [-0.39, 0.29) is 11.5 Å². The minimum absolute atomic E-state index is 0.0286. The zero-order valence-corrected chi connectivity index (χ0v) is 14.2. The topological polar surface area (TPSA) is 98.0 Å². The highest BCUT2D eigenvalue weighted by atomic mass is 16.5. The van der Waals surface area contributed by atoms with Gasteiger partial charge in [-0.05, 0) is 50.1 Å². The van der Waals surface area contributed by atoms with Gasteiger partial charge < -0.3 is 24.3 Å². The van der Waals surface area contributed by atoms with E-state index in [0.29, 0.717) is 37.7 Å². The molecular formula is C18H21NO6. The van der Waals surface area contributed by atoms with Gasteiger partial charge in [0.25, 0.3) is 5.91 Å². The molecule has 0 radical (unpaired) electrons. The second-order valence-electron chi connectivity index (χ2n) is 5.12. The molecule has 2 N–H and O–H groups in total. The van der Waals surface area contributed by atoms with E-state index in [2.05, 4.69) is 5.32 Å². The van der Waals surface area contributed by atoms with Crippen LogP contribution in [0.4, 0.5) is 0 Å². The fourth-order valence-corrected chi connectivity index (χ4v) is 2.23. The van der Waals surface area contributed by atoms with Crippen molar-refractivity contribution in [3.8, 4) is 11.5 Å². The van der Waals surface area contributed by atoms with Gasteiger partial charge in [-0.15, -0.1) is 0 Å². The number of amides is 1. The monoisotopic (exact) mass is 347 g/mol. The number of ether oxygens (including phenoxy) is 2. The van der Waals surface area contributed by atoms with Crippen molar-refractivity contribution in [2.75, 3.05) is 19.8 Å². The molecular weight excluding hydrogens is 326 g/mol. The molecule has 0 bridgehead atoms. The van der Waals surface area contributed by atoms with Gasteiger partial charge in [-0.25, -0.2) is 4.79 Å². The van der Waals surface area contributed by atoms with Crippen molar-refractivity contribution in [2.45, 2.75) is 20.3 Å². The van der Waals surface area contributed by atoms with Crippen molar-refractivity contribution in [1.82, 2.24) is 5.32 Å². The van der Waals surface area contributed by atoms with Crippen LogP contribution >= 0.6 is 0 Å².